The average Bonchev–Trinajstić information content (AvgIpc) is 2.42. The Morgan fingerprint density at radius 2 is 1.87 bits per heavy atom. The molecule has 1 aromatic rings. The van der Waals surface area contributed by atoms with Crippen molar-refractivity contribution in [3.63, 3.8) is 0 Å². The van der Waals surface area contributed by atoms with Crippen molar-refractivity contribution >= 4 is 23.3 Å². The van der Waals surface area contributed by atoms with Crippen molar-refractivity contribution in [1.82, 2.24) is 0 Å². The third-order valence-corrected chi connectivity index (χ3v) is 2.74. The Morgan fingerprint density at radius 1 is 1.30 bits per heavy atom. The number of carbonyl (C=O) groups excluding carboxylic acids is 1. The van der Waals surface area contributed by atoms with Gasteiger partial charge in [0.05, 0.1) is 12.0 Å². The van der Waals surface area contributed by atoms with Crippen LogP contribution >= 0.6 is 0 Å². The van der Waals surface area contributed by atoms with E-state index in [0.717, 1.165) is 6.07 Å². The molecule has 126 valence electrons. The van der Waals surface area contributed by atoms with Gasteiger partial charge in [0.2, 0.25) is 0 Å². The normalized spacial score (nSPS) is 10.8. The number of nitrogens with zero attached hydrogens (tertiary/aromatic N) is 1. The highest BCUT2D eigenvalue weighted by Crippen LogP contribution is 2.40. The fraction of sp³-hybridized carbons (Fsp3) is 0.429. The number of rotatable bonds is 5. The van der Waals surface area contributed by atoms with Gasteiger partial charge in [-0.25, -0.2) is 9.59 Å². The van der Waals surface area contributed by atoms with E-state index < -0.39 is 33.7 Å². The Bertz CT molecular complexity index is 662. The number of carboxylic acid groups (broad SMARTS) is 1. The molecule has 23 heavy (non-hydrogen) atoms. The van der Waals surface area contributed by atoms with Gasteiger partial charge in [0, 0.05) is 7.05 Å². The van der Waals surface area contributed by atoms with Gasteiger partial charge < -0.3 is 19.9 Å². The second-order valence-electron chi connectivity index (χ2n) is 5.54. The highest BCUT2D eigenvalue weighted by molar-refractivity contribution is 6.04. The Hall–Kier alpha value is -2.84. The Labute approximate surface area is 132 Å². The summed E-state index contributed by atoms with van der Waals surface area (Å²) in [6, 6.07) is 0.883. The maximum atomic E-state index is 12.2. The molecule has 0 aliphatic carbocycles. The molecule has 0 saturated carbocycles. The van der Waals surface area contributed by atoms with Crippen molar-refractivity contribution in [3.05, 3.63) is 27.3 Å². The number of hydrogen-bond donors (Lipinski definition) is 2. The average molecular weight is 326 g/mol. The monoisotopic (exact) mass is 326 g/mol. The minimum absolute atomic E-state index is 0.210. The first-order valence-corrected chi connectivity index (χ1v) is 6.57. The number of aromatic carboxylic acids is 1. The molecule has 0 aliphatic heterocycles. The van der Waals surface area contributed by atoms with Gasteiger partial charge in [0.15, 0.2) is 11.4 Å². The maximum Gasteiger partial charge on any atom is 0.345 e. The molecular formula is C14H18N2O7. The van der Waals surface area contributed by atoms with Crippen molar-refractivity contribution in [1.29, 1.82) is 0 Å². The summed E-state index contributed by atoms with van der Waals surface area (Å²) in [5.74, 6) is -2.62. The van der Waals surface area contributed by atoms with Gasteiger partial charge in [-0.15, -0.1) is 0 Å². The lowest BCUT2D eigenvalue weighted by molar-refractivity contribution is -0.384. The summed E-state index contributed by atoms with van der Waals surface area (Å²) < 4.78 is 10.1. The van der Waals surface area contributed by atoms with E-state index in [0.29, 0.717) is 0 Å². The summed E-state index contributed by atoms with van der Waals surface area (Å²) in [7, 11) is 2.54. The number of carboxylic acids is 1. The summed E-state index contributed by atoms with van der Waals surface area (Å²) in [5.41, 5.74) is -2.56. The van der Waals surface area contributed by atoms with Crippen molar-refractivity contribution < 1.29 is 29.1 Å². The summed E-state index contributed by atoms with van der Waals surface area (Å²) in [6.07, 6.45) is 0. The SMILES string of the molecule is CNc1c(OC)c(C(=O)O)cc(C(=O)OC(C)(C)C)c1[N+](=O)[O-]. The number of nitro groups is 1. The molecule has 1 aromatic carbocycles. The van der Waals surface area contributed by atoms with Crippen molar-refractivity contribution in [2.24, 2.45) is 0 Å². The first kappa shape index (κ1) is 18.2. The van der Waals surface area contributed by atoms with Crippen LogP contribution in [0.1, 0.15) is 41.5 Å². The molecular weight excluding hydrogens is 308 g/mol. The molecule has 0 aromatic heterocycles. The van der Waals surface area contributed by atoms with Crippen LogP contribution in [0, 0.1) is 10.1 Å². The molecule has 0 bridgehead atoms. The van der Waals surface area contributed by atoms with Gasteiger partial charge in [-0.1, -0.05) is 0 Å². The molecule has 2 N–H and O–H groups in total. The number of benzene rings is 1. The molecule has 0 amide bonds. The highest BCUT2D eigenvalue weighted by atomic mass is 16.6. The minimum atomic E-state index is -1.39. The Balaban J connectivity index is 3.74. The molecule has 1 rings (SSSR count). The van der Waals surface area contributed by atoms with Gasteiger partial charge in [-0.3, -0.25) is 10.1 Å². The third-order valence-electron chi connectivity index (χ3n) is 2.74. The topological polar surface area (TPSA) is 128 Å². The lowest BCUT2D eigenvalue weighted by atomic mass is 10.0. The van der Waals surface area contributed by atoms with E-state index in [-0.39, 0.29) is 17.0 Å². The third kappa shape index (κ3) is 3.87. The number of nitro benzene ring substituents is 1. The standard InChI is InChI=1S/C14H18N2O7/c1-14(2,3)23-13(19)7-6-8(12(17)18)11(22-5)9(15-4)10(7)16(20)21/h6,15H,1-5H3,(H,17,18). The number of esters is 1. The number of methoxy groups -OCH3 is 1. The van der Waals surface area contributed by atoms with Crippen LogP contribution in [0.5, 0.6) is 5.75 Å². The fourth-order valence-electron chi connectivity index (χ4n) is 1.94. The van der Waals surface area contributed by atoms with Crippen LogP contribution in [-0.2, 0) is 4.74 Å². The van der Waals surface area contributed by atoms with E-state index in [2.05, 4.69) is 5.32 Å². The highest BCUT2D eigenvalue weighted by Gasteiger charge is 2.34. The molecule has 0 radical (unpaired) electrons. The summed E-state index contributed by atoms with van der Waals surface area (Å²) in [4.78, 5) is 34.2. The molecule has 0 unspecified atom stereocenters. The summed E-state index contributed by atoms with van der Waals surface area (Å²) >= 11 is 0. The Morgan fingerprint density at radius 3 is 2.22 bits per heavy atom. The molecule has 9 heteroatoms. The largest absolute Gasteiger partial charge is 0.493 e. The van der Waals surface area contributed by atoms with Gasteiger partial charge in [-0.05, 0) is 26.8 Å². The van der Waals surface area contributed by atoms with Crippen LogP contribution in [0.25, 0.3) is 0 Å². The molecule has 9 nitrogen and oxygen atoms in total. The second kappa shape index (κ2) is 6.51. The van der Waals surface area contributed by atoms with Gasteiger partial charge in [0.25, 0.3) is 0 Å². The van der Waals surface area contributed by atoms with Gasteiger partial charge >= 0.3 is 17.6 Å². The minimum Gasteiger partial charge on any atom is -0.493 e. The van der Waals surface area contributed by atoms with Crippen molar-refractivity contribution in [3.8, 4) is 5.75 Å². The van der Waals surface area contributed by atoms with E-state index in [4.69, 9.17) is 9.47 Å². The van der Waals surface area contributed by atoms with Crippen LogP contribution in [-0.4, -0.2) is 41.7 Å². The molecule has 0 heterocycles. The smallest absolute Gasteiger partial charge is 0.345 e. The van der Waals surface area contributed by atoms with Crippen LogP contribution in [0.3, 0.4) is 0 Å². The van der Waals surface area contributed by atoms with E-state index in [1.807, 2.05) is 0 Å². The first-order chi connectivity index (χ1) is 10.5. The van der Waals surface area contributed by atoms with Gasteiger partial charge in [-0.2, -0.15) is 0 Å². The zero-order valence-corrected chi connectivity index (χ0v) is 13.4. The van der Waals surface area contributed by atoms with Crippen LogP contribution in [0.15, 0.2) is 6.07 Å². The first-order valence-electron chi connectivity index (χ1n) is 6.57. The number of anilines is 1. The predicted molar refractivity (Wildman–Crippen MR) is 81.3 cm³/mol. The number of nitrogens with one attached hydrogen (secondary N) is 1. The quantitative estimate of drug-likeness (QED) is 0.479. The van der Waals surface area contributed by atoms with Crippen LogP contribution in [0.2, 0.25) is 0 Å². The number of hydrogen-bond acceptors (Lipinski definition) is 7. The molecule has 0 fully saturated rings. The van der Waals surface area contributed by atoms with Crippen LogP contribution in [0.4, 0.5) is 11.4 Å². The van der Waals surface area contributed by atoms with Crippen molar-refractivity contribution in [2.45, 2.75) is 26.4 Å². The Kier molecular flexibility index (Phi) is 5.15. The molecule has 0 spiro atoms. The summed E-state index contributed by atoms with van der Waals surface area (Å²) in [6.45, 7) is 4.78. The zero-order chi connectivity index (χ0) is 17.9. The van der Waals surface area contributed by atoms with E-state index in [1.54, 1.807) is 20.8 Å². The maximum absolute atomic E-state index is 12.2. The second-order valence-corrected chi connectivity index (χ2v) is 5.54. The van der Waals surface area contributed by atoms with Crippen molar-refractivity contribution in [2.75, 3.05) is 19.5 Å². The van der Waals surface area contributed by atoms with Crippen LogP contribution < -0.4 is 10.1 Å². The summed E-state index contributed by atoms with van der Waals surface area (Å²) in [5, 5.41) is 23.1. The van der Waals surface area contributed by atoms with Gasteiger partial charge in [0.1, 0.15) is 16.7 Å². The lowest BCUT2D eigenvalue weighted by Crippen LogP contribution is -2.25. The van der Waals surface area contributed by atoms with E-state index in [1.165, 1.54) is 14.2 Å². The molecule has 0 aliphatic rings. The number of carbonyl (C=O) groups is 2. The number of ether oxygens (including phenoxy) is 2. The van der Waals surface area contributed by atoms with E-state index in [9.17, 15) is 24.8 Å². The fourth-order valence-corrected chi connectivity index (χ4v) is 1.94. The lowest BCUT2D eigenvalue weighted by Gasteiger charge is -2.20. The zero-order valence-electron chi connectivity index (χ0n) is 13.4. The molecule has 0 atom stereocenters. The predicted octanol–water partition coefficient (Wildman–Crippen LogP) is 2.30. The van der Waals surface area contributed by atoms with E-state index >= 15 is 0 Å². The molecule has 0 saturated heterocycles.